The van der Waals surface area contributed by atoms with Crippen LogP contribution in [0.3, 0.4) is 0 Å². The summed E-state index contributed by atoms with van der Waals surface area (Å²) in [6.45, 7) is 1.94. The van der Waals surface area contributed by atoms with Crippen LogP contribution in [-0.2, 0) is 4.79 Å². The van der Waals surface area contributed by atoms with Crippen LogP contribution in [0, 0.1) is 6.92 Å². The minimum atomic E-state index is -0.935. The lowest BCUT2D eigenvalue weighted by Gasteiger charge is -2.12. The Kier molecular flexibility index (Phi) is 4.90. The molecule has 25 heavy (non-hydrogen) atoms. The van der Waals surface area contributed by atoms with Gasteiger partial charge in [-0.1, -0.05) is 12.1 Å². The number of carboxylic acid groups (broad SMARTS) is 1. The molecule has 0 bridgehead atoms. The van der Waals surface area contributed by atoms with Gasteiger partial charge in [0.25, 0.3) is 0 Å². The summed E-state index contributed by atoms with van der Waals surface area (Å²) in [5.41, 5.74) is 1.86. The van der Waals surface area contributed by atoms with E-state index in [1.165, 1.54) is 6.07 Å². The normalized spacial score (nSPS) is 10.8. The molecule has 0 aliphatic heterocycles. The zero-order chi connectivity index (χ0) is 18.0. The summed E-state index contributed by atoms with van der Waals surface area (Å²) in [5, 5.41) is 9.26. The van der Waals surface area contributed by atoms with Crippen LogP contribution in [0.1, 0.15) is 12.0 Å². The highest BCUT2D eigenvalue weighted by atomic mass is 79.9. The van der Waals surface area contributed by atoms with Crippen molar-refractivity contribution in [2.24, 2.45) is 0 Å². The maximum absolute atomic E-state index is 12.4. The number of benzene rings is 2. The van der Waals surface area contributed by atoms with E-state index in [0.717, 1.165) is 5.56 Å². The van der Waals surface area contributed by atoms with Gasteiger partial charge < -0.3 is 14.3 Å². The number of halogens is 1. The van der Waals surface area contributed by atoms with Gasteiger partial charge in [-0.3, -0.25) is 9.59 Å². The Bertz CT molecular complexity index is 1010. The van der Waals surface area contributed by atoms with Gasteiger partial charge in [-0.15, -0.1) is 0 Å². The number of hydrogen-bond acceptors (Lipinski definition) is 4. The number of aryl methyl sites for hydroxylation is 1. The van der Waals surface area contributed by atoms with Gasteiger partial charge in [0.1, 0.15) is 11.5 Å². The molecule has 6 heteroatoms. The van der Waals surface area contributed by atoms with E-state index in [1.807, 2.05) is 13.0 Å². The number of rotatable bonds is 5. The fourth-order valence-corrected chi connectivity index (χ4v) is 2.92. The van der Waals surface area contributed by atoms with E-state index in [1.54, 1.807) is 30.3 Å². The Morgan fingerprint density at radius 3 is 2.80 bits per heavy atom. The van der Waals surface area contributed by atoms with Crippen LogP contribution in [-0.4, -0.2) is 17.7 Å². The van der Waals surface area contributed by atoms with Gasteiger partial charge in [-0.2, -0.15) is 0 Å². The van der Waals surface area contributed by atoms with Crippen molar-refractivity contribution in [2.45, 2.75) is 13.3 Å². The maximum Gasteiger partial charge on any atom is 0.306 e. The number of carboxylic acids is 1. The van der Waals surface area contributed by atoms with Gasteiger partial charge >= 0.3 is 5.97 Å². The number of fused-ring (bicyclic) bond motifs is 1. The summed E-state index contributed by atoms with van der Waals surface area (Å²) in [4.78, 5) is 23.1. The van der Waals surface area contributed by atoms with Crippen LogP contribution < -0.4 is 10.2 Å². The van der Waals surface area contributed by atoms with Gasteiger partial charge in [-0.25, -0.2) is 0 Å². The fraction of sp³-hybridized carbons (Fsp3) is 0.158. The minimum Gasteiger partial charge on any atom is -0.492 e. The monoisotopic (exact) mass is 402 g/mol. The van der Waals surface area contributed by atoms with E-state index >= 15 is 0 Å². The molecule has 0 saturated carbocycles. The second-order valence-electron chi connectivity index (χ2n) is 5.58. The molecule has 0 fully saturated rings. The molecule has 0 radical (unpaired) electrons. The smallest absolute Gasteiger partial charge is 0.306 e. The van der Waals surface area contributed by atoms with E-state index in [4.69, 9.17) is 14.3 Å². The molecular weight excluding hydrogens is 388 g/mol. The van der Waals surface area contributed by atoms with E-state index in [0.29, 0.717) is 32.5 Å². The van der Waals surface area contributed by atoms with Crippen LogP contribution in [0.2, 0.25) is 0 Å². The first kappa shape index (κ1) is 17.2. The molecule has 1 aromatic heterocycles. The second kappa shape index (κ2) is 7.11. The van der Waals surface area contributed by atoms with Gasteiger partial charge in [0.05, 0.1) is 28.5 Å². The number of para-hydroxylation sites is 1. The van der Waals surface area contributed by atoms with E-state index in [9.17, 15) is 9.59 Å². The molecule has 3 aromatic rings. The van der Waals surface area contributed by atoms with Crippen molar-refractivity contribution in [3.05, 3.63) is 62.7 Å². The molecule has 1 N–H and O–H groups in total. The molecule has 0 atom stereocenters. The molecule has 2 aromatic carbocycles. The Morgan fingerprint density at radius 2 is 2.04 bits per heavy atom. The molecule has 0 amide bonds. The number of hydrogen-bond donors (Lipinski definition) is 1. The average Bonchev–Trinajstić information content (AvgIpc) is 2.55. The lowest BCUT2D eigenvalue weighted by atomic mass is 10.1. The van der Waals surface area contributed by atoms with Gasteiger partial charge in [-0.05, 0) is 52.7 Å². The molecule has 0 aliphatic rings. The largest absolute Gasteiger partial charge is 0.492 e. The number of carbonyl (C=O) groups is 1. The van der Waals surface area contributed by atoms with Crippen LogP contribution in [0.25, 0.3) is 22.3 Å². The van der Waals surface area contributed by atoms with Crippen molar-refractivity contribution < 1.29 is 19.1 Å². The third kappa shape index (κ3) is 3.74. The Labute approximate surface area is 152 Å². The van der Waals surface area contributed by atoms with Crippen molar-refractivity contribution >= 4 is 32.9 Å². The molecule has 5 nitrogen and oxygen atoms in total. The lowest BCUT2D eigenvalue weighted by molar-refractivity contribution is -0.137. The predicted molar refractivity (Wildman–Crippen MR) is 98.1 cm³/mol. The summed E-state index contributed by atoms with van der Waals surface area (Å²) in [7, 11) is 0. The van der Waals surface area contributed by atoms with E-state index < -0.39 is 5.97 Å². The second-order valence-corrected chi connectivity index (χ2v) is 6.44. The van der Waals surface area contributed by atoms with E-state index in [2.05, 4.69) is 15.9 Å². The molecular formula is C19H15BrO5. The summed E-state index contributed by atoms with van der Waals surface area (Å²) in [6, 6.07) is 12.2. The van der Waals surface area contributed by atoms with Crippen molar-refractivity contribution in [1.29, 1.82) is 0 Å². The molecule has 0 aliphatic carbocycles. The number of aliphatic carboxylic acids is 1. The molecule has 1 heterocycles. The van der Waals surface area contributed by atoms with Crippen molar-refractivity contribution in [3.8, 4) is 17.1 Å². The third-order valence-corrected chi connectivity index (χ3v) is 4.31. The fourth-order valence-electron chi connectivity index (χ4n) is 2.48. The van der Waals surface area contributed by atoms with Crippen LogP contribution in [0.5, 0.6) is 5.75 Å². The van der Waals surface area contributed by atoms with Crippen LogP contribution in [0.15, 0.2) is 56.1 Å². The Balaban J connectivity index is 2.10. The minimum absolute atomic E-state index is 0.0350. The highest BCUT2D eigenvalue weighted by molar-refractivity contribution is 9.10. The molecule has 3 rings (SSSR count). The van der Waals surface area contributed by atoms with Gasteiger partial charge in [0.2, 0.25) is 0 Å². The van der Waals surface area contributed by atoms with Gasteiger partial charge in [0, 0.05) is 6.07 Å². The quantitative estimate of drug-likeness (QED) is 0.684. The summed E-state index contributed by atoms with van der Waals surface area (Å²) < 4.78 is 12.2. The molecule has 0 saturated heterocycles. The maximum atomic E-state index is 12.4. The van der Waals surface area contributed by atoms with Crippen molar-refractivity contribution in [3.63, 3.8) is 0 Å². The average molecular weight is 403 g/mol. The Morgan fingerprint density at radius 1 is 1.24 bits per heavy atom. The van der Waals surface area contributed by atoms with E-state index in [-0.39, 0.29) is 18.5 Å². The summed E-state index contributed by atoms with van der Waals surface area (Å²) in [5.74, 6) is -0.0825. The third-order valence-electron chi connectivity index (χ3n) is 3.68. The Hall–Kier alpha value is -2.60. The molecule has 0 spiro atoms. The summed E-state index contributed by atoms with van der Waals surface area (Å²) >= 11 is 3.40. The lowest BCUT2D eigenvalue weighted by Crippen LogP contribution is -2.06. The topological polar surface area (TPSA) is 76.7 Å². The zero-order valence-electron chi connectivity index (χ0n) is 13.4. The zero-order valence-corrected chi connectivity index (χ0v) is 15.0. The highest BCUT2D eigenvalue weighted by Crippen LogP contribution is 2.33. The van der Waals surface area contributed by atoms with Crippen LogP contribution in [0.4, 0.5) is 0 Å². The summed E-state index contributed by atoms with van der Waals surface area (Å²) in [6.07, 6.45) is -0.111. The van der Waals surface area contributed by atoms with Crippen molar-refractivity contribution in [1.82, 2.24) is 0 Å². The van der Waals surface area contributed by atoms with Gasteiger partial charge in [0.15, 0.2) is 11.0 Å². The predicted octanol–water partition coefficient (Wildman–Crippen LogP) is 4.38. The number of ether oxygens (including phenoxy) is 1. The molecule has 0 unspecified atom stereocenters. The van der Waals surface area contributed by atoms with Crippen LogP contribution >= 0.6 is 15.9 Å². The first-order valence-corrected chi connectivity index (χ1v) is 8.43. The van der Waals surface area contributed by atoms with Crippen molar-refractivity contribution in [2.75, 3.05) is 6.61 Å². The first-order chi connectivity index (χ1) is 12.0. The molecule has 128 valence electrons. The first-order valence-electron chi connectivity index (χ1n) is 7.63. The standard InChI is InChI=1S/C19H15BrO5/c1-11-5-6-13(16(9-11)24-8-7-18(22)23)17-10-15(21)12-3-2-4-14(20)19(12)25-17/h2-6,9-10H,7-8H2,1H3,(H,22,23). The SMILES string of the molecule is Cc1ccc(-c2cc(=O)c3cccc(Br)c3o2)c(OCCC(=O)O)c1. The highest BCUT2D eigenvalue weighted by Gasteiger charge is 2.14.